The van der Waals surface area contributed by atoms with E-state index in [9.17, 15) is 0 Å². The van der Waals surface area contributed by atoms with Crippen LogP contribution in [0.3, 0.4) is 0 Å². The van der Waals surface area contributed by atoms with E-state index in [-0.39, 0.29) is 6.29 Å². The number of hydrogen-bond acceptors (Lipinski definition) is 5. The fourth-order valence-corrected chi connectivity index (χ4v) is 2.66. The van der Waals surface area contributed by atoms with Gasteiger partial charge in [-0.3, -0.25) is 0 Å². The van der Waals surface area contributed by atoms with E-state index in [0.29, 0.717) is 26.4 Å². The molecule has 2 aromatic rings. The highest BCUT2D eigenvalue weighted by molar-refractivity contribution is 9.10. The number of nitrogens with one attached hydrogen (secondary N) is 2. The summed E-state index contributed by atoms with van der Waals surface area (Å²) in [5.74, 6) is 0.815. The van der Waals surface area contributed by atoms with Gasteiger partial charge in [0, 0.05) is 22.3 Å². The van der Waals surface area contributed by atoms with E-state index < -0.39 is 0 Å². The monoisotopic (exact) mass is 378 g/mol. The summed E-state index contributed by atoms with van der Waals surface area (Å²) in [6, 6.07) is 15.9. The molecule has 1 fully saturated rings. The van der Waals surface area contributed by atoms with Gasteiger partial charge >= 0.3 is 0 Å². The number of hydrogen-bond donors (Lipinski definition) is 2. The minimum Gasteiger partial charge on any atom is -0.488 e. The zero-order chi connectivity index (χ0) is 15.9. The van der Waals surface area contributed by atoms with Gasteiger partial charge in [-0.25, -0.2) is 5.43 Å². The topological polar surface area (TPSA) is 51.8 Å². The Kier molecular flexibility index (Phi) is 5.87. The predicted molar refractivity (Wildman–Crippen MR) is 92.2 cm³/mol. The van der Waals surface area contributed by atoms with Gasteiger partial charge in [-0.1, -0.05) is 34.1 Å². The lowest BCUT2D eigenvalue weighted by molar-refractivity contribution is -0.0685. The van der Waals surface area contributed by atoms with E-state index in [0.717, 1.165) is 21.5 Å². The van der Waals surface area contributed by atoms with E-state index in [4.69, 9.17) is 14.2 Å². The van der Waals surface area contributed by atoms with Crippen LogP contribution in [0.5, 0.6) is 5.75 Å². The van der Waals surface area contributed by atoms with Gasteiger partial charge in [0.1, 0.15) is 12.4 Å². The van der Waals surface area contributed by atoms with Crippen molar-refractivity contribution in [1.29, 1.82) is 0 Å². The molecule has 0 bridgehead atoms. The lowest BCUT2D eigenvalue weighted by atomic mass is 10.2. The smallest absolute Gasteiger partial charge is 0.191 e. The number of benzene rings is 2. The molecule has 1 aliphatic heterocycles. The van der Waals surface area contributed by atoms with Crippen molar-refractivity contribution in [2.24, 2.45) is 0 Å². The summed E-state index contributed by atoms with van der Waals surface area (Å²) < 4.78 is 17.6. The molecule has 1 aliphatic rings. The van der Waals surface area contributed by atoms with Crippen LogP contribution in [0.2, 0.25) is 0 Å². The fraction of sp³-hybridized carbons (Fsp3) is 0.294. The number of rotatable bonds is 7. The molecular weight excluding hydrogens is 360 g/mol. The maximum atomic E-state index is 5.84. The maximum Gasteiger partial charge on any atom is 0.191 e. The quantitative estimate of drug-likeness (QED) is 0.723. The number of para-hydroxylation sites is 1. The van der Waals surface area contributed by atoms with Crippen LogP contribution >= 0.6 is 15.9 Å². The normalized spacial score (nSPS) is 14.8. The van der Waals surface area contributed by atoms with Crippen molar-refractivity contribution in [2.45, 2.75) is 12.8 Å². The Labute approximate surface area is 144 Å². The molecule has 122 valence electrons. The van der Waals surface area contributed by atoms with Crippen molar-refractivity contribution in [3.8, 4) is 5.75 Å². The Morgan fingerprint density at radius 3 is 2.65 bits per heavy atom. The van der Waals surface area contributed by atoms with Crippen LogP contribution in [0.1, 0.15) is 5.56 Å². The minimum atomic E-state index is -0.276. The average Bonchev–Trinajstić information content (AvgIpc) is 3.09. The molecule has 2 N–H and O–H groups in total. The van der Waals surface area contributed by atoms with E-state index in [1.807, 2.05) is 48.5 Å². The Hall–Kier alpha value is -1.60. The third-order valence-electron chi connectivity index (χ3n) is 3.37. The van der Waals surface area contributed by atoms with Crippen molar-refractivity contribution in [3.63, 3.8) is 0 Å². The molecule has 1 heterocycles. The molecule has 0 aromatic heterocycles. The molecule has 0 saturated carbocycles. The number of ether oxygens (including phenoxy) is 3. The van der Waals surface area contributed by atoms with Gasteiger partial charge in [-0.2, -0.15) is 0 Å². The summed E-state index contributed by atoms with van der Waals surface area (Å²) in [6.45, 7) is 2.27. The van der Waals surface area contributed by atoms with Crippen LogP contribution < -0.4 is 15.6 Å². The summed E-state index contributed by atoms with van der Waals surface area (Å²) in [6.07, 6.45) is -0.276. The molecular formula is C17H19BrN2O3. The van der Waals surface area contributed by atoms with Crippen LogP contribution in [0.15, 0.2) is 53.0 Å². The molecule has 0 atom stereocenters. The second-order valence-corrected chi connectivity index (χ2v) is 5.99. The van der Waals surface area contributed by atoms with Crippen molar-refractivity contribution in [1.82, 2.24) is 5.43 Å². The van der Waals surface area contributed by atoms with E-state index in [2.05, 4.69) is 26.8 Å². The van der Waals surface area contributed by atoms with Crippen LogP contribution in [0.25, 0.3) is 0 Å². The molecule has 0 radical (unpaired) electrons. The highest BCUT2D eigenvalue weighted by Gasteiger charge is 2.17. The van der Waals surface area contributed by atoms with E-state index >= 15 is 0 Å². The molecule has 23 heavy (non-hydrogen) atoms. The van der Waals surface area contributed by atoms with Gasteiger partial charge in [0.25, 0.3) is 0 Å². The summed E-state index contributed by atoms with van der Waals surface area (Å²) in [5.41, 5.74) is 8.42. The first kappa shape index (κ1) is 16.3. The Balaban J connectivity index is 1.57. The lowest BCUT2D eigenvalue weighted by Gasteiger charge is -2.15. The molecule has 0 unspecified atom stereocenters. The van der Waals surface area contributed by atoms with Crippen molar-refractivity contribution in [3.05, 3.63) is 58.6 Å². The highest BCUT2D eigenvalue weighted by atomic mass is 79.9. The van der Waals surface area contributed by atoms with Gasteiger partial charge in [0.05, 0.1) is 13.2 Å². The van der Waals surface area contributed by atoms with Gasteiger partial charge in [0.2, 0.25) is 0 Å². The first-order valence-electron chi connectivity index (χ1n) is 7.49. The Morgan fingerprint density at radius 2 is 1.87 bits per heavy atom. The molecule has 6 heteroatoms. The third-order valence-corrected chi connectivity index (χ3v) is 3.87. The van der Waals surface area contributed by atoms with Crippen LogP contribution in [-0.4, -0.2) is 26.1 Å². The number of hydrazine groups is 1. The molecule has 1 saturated heterocycles. The molecule has 0 amide bonds. The summed E-state index contributed by atoms with van der Waals surface area (Å²) in [5, 5.41) is 0. The number of halogens is 1. The van der Waals surface area contributed by atoms with Crippen LogP contribution in [0, 0.1) is 0 Å². The average molecular weight is 379 g/mol. The lowest BCUT2D eigenvalue weighted by Crippen LogP contribution is -2.22. The number of anilines is 1. The second kappa shape index (κ2) is 8.31. The standard InChI is InChI=1S/C17H19BrN2O3/c18-14-6-7-16(23-12-17-21-8-9-22-17)13(10-14)11-19-20-15-4-2-1-3-5-15/h1-7,10,17,19-20H,8-9,11-12H2. The van der Waals surface area contributed by atoms with Crippen LogP contribution in [0.4, 0.5) is 5.69 Å². The molecule has 3 rings (SSSR count). The largest absolute Gasteiger partial charge is 0.488 e. The molecule has 0 spiro atoms. The first-order chi connectivity index (χ1) is 11.3. The van der Waals surface area contributed by atoms with E-state index in [1.165, 1.54) is 0 Å². The van der Waals surface area contributed by atoms with E-state index in [1.54, 1.807) is 0 Å². The Morgan fingerprint density at radius 1 is 1.09 bits per heavy atom. The second-order valence-electron chi connectivity index (χ2n) is 5.08. The van der Waals surface area contributed by atoms with Gasteiger partial charge in [-0.15, -0.1) is 0 Å². The SMILES string of the molecule is Brc1ccc(OCC2OCCO2)c(CNNc2ccccc2)c1. The van der Waals surface area contributed by atoms with Crippen molar-refractivity contribution >= 4 is 21.6 Å². The molecule has 2 aromatic carbocycles. The maximum absolute atomic E-state index is 5.84. The van der Waals surface area contributed by atoms with Gasteiger partial charge < -0.3 is 19.6 Å². The summed E-state index contributed by atoms with van der Waals surface area (Å²) in [7, 11) is 0. The minimum absolute atomic E-state index is 0.276. The van der Waals surface area contributed by atoms with Gasteiger partial charge in [-0.05, 0) is 30.3 Å². The fourth-order valence-electron chi connectivity index (χ4n) is 2.25. The Bertz CT molecular complexity index is 618. The first-order valence-corrected chi connectivity index (χ1v) is 8.29. The third kappa shape index (κ3) is 4.94. The predicted octanol–water partition coefficient (Wildman–Crippen LogP) is 3.32. The molecule has 0 aliphatic carbocycles. The van der Waals surface area contributed by atoms with Crippen molar-refractivity contribution < 1.29 is 14.2 Å². The zero-order valence-corrected chi connectivity index (χ0v) is 14.2. The molecule has 5 nitrogen and oxygen atoms in total. The summed E-state index contributed by atoms with van der Waals surface area (Å²) >= 11 is 3.50. The zero-order valence-electron chi connectivity index (χ0n) is 12.6. The van der Waals surface area contributed by atoms with Gasteiger partial charge in [0.15, 0.2) is 6.29 Å². The summed E-state index contributed by atoms with van der Waals surface area (Å²) in [4.78, 5) is 0. The van der Waals surface area contributed by atoms with Crippen molar-refractivity contribution in [2.75, 3.05) is 25.2 Å². The highest BCUT2D eigenvalue weighted by Crippen LogP contribution is 2.24. The van der Waals surface area contributed by atoms with Crippen LogP contribution in [-0.2, 0) is 16.0 Å².